The first-order valence-electron chi connectivity index (χ1n) is 10.2. The van der Waals surface area contributed by atoms with E-state index in [4.69, 9.17) is 4.74 Å². The van der Waals surface area contributed by atoms with Gasteiger partial charge < -0.3 is 19.7 Å². The van der Waals surface area contributed by atoms with Crippen LogP contribution in [0.5, 0.6) is 5.75 Å². The molecule has 1 fully saturated rings. The predicted octanol–water partition coefficient (Wildman–Crippen LogP) is 3.13. The number of amidine groups is 1. The zero-order valence-corrected chi connectivity index (χ0v) is 19.5. The van der Waals surface area contributed by atoms with Crippen molar-refractivity contribution in [3.8, 4) is 5.75 Å². The Bertz CT molecular complexity index is 922. The molecule has 3 rings (SSSR count). The van der Waals surface area contributed by atoms with Crippen molar-refractivity contribution < 1.29 is 14.7 Å². The molecule has 0 aromatic carbocycles. The molecule has 0 unspecified atom stereocenters. The van der Waals surface area contributed by atoms with Crippen molar-refractivity contribution in [2.45, 2.75) is 39.8 Å². The van der Waals surface area contributed by atoms with Gasteiger partial charge in [-0.2, -0.15) is 0 Å². The molecule has 9 nitrogen and oxygen atoms in total. The van der Waals surface area contributed by atoms with E-state index in [2.05, 4.69) is 47.9 Å². The lowest BCUT2D eigenvalue weighted by Crippen LogP contribution is -2.54. The van der Waals surface area contributed by atoms with Crippen LogP contribution in [-0.2, 0) is 11.4 Å². The van der Waals surface area contributed by atoms with Crippen molar-refractivity contribution in [2.75, 3.05) is 24.5 Å². The van der Waals surface area contributed by atoms with Crippen LogP contribution in [-0.4, -0.2) is 62.4 Å². The Hall–Kier alpha value is -2.75. The summed E-state index contributed by atoms with van der Waals surface area (Å²) in [5, 5.41) is 12.8. The highest BCUT2D eigenvalue weighted by Gasteiger charge is 2.28. The number of hydrogen-bond acceptors (Lipinski definition) is 8. The number of Topliss-reactive ketones (excluding diaryl/α,β-unsaturated/α-hetero) is 1. The lowest BCUT2D eigenvalue weighted by atomic mass is 10.0. The van der Waals surface area contributed by atoms with Crippen LogP contribution in [0.15, 0.2) is 40.5 Å². The highest BCUT2D eigenvalue weighted by molar-refractivity contribution is 9.10. The minimum absolute atomic E-state index is 0.0561. The number of ketones is 1. The summed E-state index contributed by atoms with van der Waals surface area (Å²) in [5.41, 5.74) is 0.987. The molecule has 1 aliphatic rings. The molecule has 1 N–H and O–H groups in total. The molecule has 1 atom stereocenters. The van der Waals surface area contributed by atoms with E-state index in [-0.39, 0.29) is 24.2 Å². The normalized spacial score (nSPS) is 17.2. The summed E-state index contributed by atoms with van der Waals surface area (Å²) in [7, 11) is 0. The number of carbonyl (C=O) groups excluding carboxylic acids is 1. The molecule has 3 heterocycles. The molecule has 1 saturated heterocycles. The Kier molecular flexibility index (Phi) is 7.78. The van der Waals surface area contributed by atoms with Crippen LogP contribution in [0.2, 0.25) is 0 Å². The van der Waals surface area contributed by atoms with Gasteiger partial charge in [-0.05, 0) is 28.9 Å². The lowest BCUT2D eigenvalue weighted by molar-refractivity contribution is -0.120. The Balaban J connectivity index is 1.58. The number of piperazine rings is 1. The van der Waals surface area contributed by atoms with E-state index in [1.54, 1.807) is 24.8 Å². The van der Waals surface area contributed by atoms with Crippen molar-refractivity contribution in [1.82, 2.24) is 19.9 Å². The van der Waals surface area contributed by atoms with E-state index in [1.807, 2.05) is 24.8 Å². The monoisotopic (exact) mass is 490 g/mol. The molecule has 0 bridgehead atoms. The molecule has 0 radical (unpaired) electrons. The lowest BCUT2D eigenvalue weighted by Gasteiger charge is -2.40. The highest BCUT2D eigenvalue weighted by Crippen LogP contribution is 2.21. The van der Waals surface area contributed by atoms with E-state index in [9.17, 15) is 10.0 Å². The quantitative estimate of drug-likeness (QED) is 0.273. The third-order valence-electron chi connectivity index (χ3n) is 5.21. The maximum atomic E-state index is 12.0. The van der Waals surface area contributed by atoms with Crippen molar-refractivity contribution in [2.24, 2.45) is 11.1 Å². The minimum atomic E-state index is -0.0933. The van der Waals surface area contributed by atoms with Gasteiger partial charge in [-0.1, -0.05) is 19.0 Å². The number of oxime groups is 1. The molecular weight excluding hydrogens is 464 g/mol. The molecule has 1 aliphatic heterocycles. The molecule has 0 aliphatic carbocycles. The number of pyridine rings is 1. The van der Waals surface area contributed by atoms with Crippen LogP contribution in [0.3, 0.4) is 0 Å². The number of hydrogen-bond donors (Lipinski definition) is 1. The summed E-state index contributed by atoms with van der Waals surface area (Å²) in [4.78, 5) is 29.1. The van der Waals surface area contributed by atoms with Gasteiger partial charge in [0.25, 0.3) is 0 Å². The zero-order chi connectivity index (χ0) is 22.4. The molecule has 2 aromatic heterocycles. The number of carbonyl (C=O) groups is 1. The molecule has 0 amide bonds. The molecule has 0 saturated carbocycles. The van der Waals surface area contributed by atoms with Gasteiger partial charge in [0.1, 0.15) is 12.4 Å². The van der Waals surface area contributed by atoms with Gasteiger partial charge >= 0.3 is 0 Å². The maximum Gasteiger partial charge on any atom is 0.225 e. The smallest absolute Gasteiger partial charge is 0.225 e. The number of nitrogens with zero attached hydrogens (tertiary/aromatic N) is 6. The second kappa shape index (κ2) is 10.5. The molecular formula is C21H27BrN6O3. The first kappa shape index (κ1) is 22.9. The largest absolute Gasteiger partial charge is 0.486 e. The second-order valence-electron chi connectivity index (χ2n) is 7.78. The number of rotatable bonds is 7. The van der Waals surface area contributed by atoms with Crippen LogP contribution in [0, 0.1) is 5.92 Å². The van der Waals surface area contributed by atoms with Gasteiger partial charge in [0, 0.05) is 54.0 Å². The molecule has 2 aromatic rings. The van der Waals surface area contributed by atoms with Crippen LogP contribution >= 0.6 is 15.9 Å². The van der Waals surface area contributed by atoms with E-state index in [0.717, 1.165) is 10.0 Å². The minimum Gasteiger partial charge on any atom is -0.486 e. The van der Waals surface area contributed by atoms with Gasteiger partial charge in [0.15, 0.2) is 11.6 Å². The highest BCUT2D eigenvalue weighted by atomic mass is 79.9. The summed E-state index contributed by atoms with van der Waals surface area (Å²) >= 11 is 3.45. The van der Waals surface area contributed by atoms with Crippen molar-refractivity contribution >= 4 is 33.5 Å². The van der Waals surface area contributed by atoms with Crippen LogP contribution < -0.4 is 9.64 Å². The summed E-state index contributed by atoms with van der Waals surface area (Å²) < 4.78 is 6.67. The first-order chi connectivity index (χ1) is 14.9. The number of halogens is 1. The Morgan fingerprint density at radius 1 is 1.32 bits per heavy atom. The van der Waals surface area contributed by atoms with E-state index < -0.39 is 0 Å². The van der Waals surface area contributed by atoms with E-state index >= 15 is 0 Å². The van der Waals surface area contributed by atoms with Gasteiger partial charge in [-0.3, -0.25) is 9.78 Å². The van der Waals surface area contributed by atoms with Crippen molar-refractivity contribution in [1.29, 1.82) is 0 Å². The fourth-order valence-corrected chi connectivity index (χ4v) is 3.64. The Morgan fingerprint density at radius 3 is 2.68 bits per heavy atom. The zero-order valence-electron chi connectivity index (χ0n) is 17.9. The summed E-state index contributed by atoms with van der Waals surface area (Å²) in [6.45, 7) is 8.02. The third-order valence-corrected chi connectivity index (χ3v) is 5.92. The standard InChI is InChI=1S/C21H27BrN6O3/c1-14(2)19(29)8-20(26-30)27-6-7-28(15(3)12-27)21-24-9-17(10-25-21)31-13-16-4-5-23-11-18(16)22/h4-5,9-11,14-15,30H,6-8,12-13H2,1-3H3/b26-20+/t15-/m1/s1. The summed E-state index contributed by atoms with van der Waals surface area (Å²) in [6.07, 6.45) is 6.91. The molecule has 0 spiro atoms. The van der Waals surface area contributed by atoms with Crippen molar-refractivity contribution in [3.63, 3.8) is 0 Å². The van der Waals surface area contributed by atoms with Crippen LogP contribution in [0.4, 0.5) is 5.95 Å². The first-order valence-corrected chi connectivity index (χ1v) is 11.0. The maximum absolute atomic E-state index is 12.0. The van der Waals surface area contributed by atoms with Gasteiger partial charge in [-0.15, -0.1) is 0 Å². The SMILES string of the molecule is CC(C)C(=O)C/C(=N\O)N1CCN(c2ncc(OCc3ccncc3Br)cn2)[C@H](C)C1. The number of ether oxygens (including phenoxy) is 1. The van der Waals surface area contributed by atoms with Gasteiger partial charge in [0.2, 0.25) is 5.95 Å². The van der Waals surface area contributed by atoms with E-state index in [0.29, 0.717) is 43.8 Å². The average molecular weight is 491 g/mol. The van der Waals surface area contributed by atoms with Gasteiger partial charge in [0.05, 0.1) is 18.8 Å². The predicted molar refractivity (Wildman–Crippen MR) is 120 cm³/mol. The third kappa shape index (κ3) is 5.90. The second-order valence-corrected chi connectivity index (χ2v) is 8.63. The Morgan fingerprint density at radius 2 is 2.06 bits per heavy atom. The fourth-order valence-electron chi connectivity index (χ4n) is 3.27. The Labute approximate surface area is 190 Å². The average Bonchev–Trinajstić information content (AvgIpc) is 2.77. The van der Waals surface area contributed by atoms with Crippen LogP contribution in [0.25, 0.3) is 0 Å². The number of anilines is 1. The van der Waals surface area contributed by atoms with Crippen LogP contribution in [0.1, 0.15) is 32.8 Å². The summed E-state index contributed by atoms with van der Waals surface area (Å²) in [6, 6.07) is 1.97. The summed E-state index contributed by atoms with van der Waals surface area (Å²) in [5.74, 6) is 1.58. The van der Waals surface area contributed by atoms with Crippen molar-refractivity contribution in [3.05, 3.63) is 40.9 Å². The topological polar surface area (TPSA) is 104 Å². The number of aromatic nitrogens is 3. The van der Waals surface area contributed by atoms with Gasteiger partial charge in [-0.25, -0.2) is 9.97 Å². The van der Waals surface area contributed by atoms with E-state index in [1.165, 1.54) is 0 Å². The fraction of sp³-hybridized carbons (Fsp3) is 0.476. The molecule has 31 heavy (non-hydrogen) atoms. The molecule has 10 heteroatoms. The molecule has 166 valence electrons.